The maximum absolute atomic E-state index is 11.9. The van der Waals surface area contributed by atoms with Crippen LogP contribution in [0.1, 0.15) is 45.6 Å². The van der Waals surface area contributed by atoms with Crippen LogP contribution in [0.15, 0.2) is 43.0 Å². The van der Waals surface area contributed by atoms with Crippen LogP contribution in [0.25, 0.3) is 0 Å². The van der Waals surface area contributed by atoms with Crippen molar-refractivity contribution in [3.05, 3.63) is 48.6 Å². The largest absolute Gasteiger partial charge is 0.371 e. The van der Waals surface area contributed by atoms with Crippen molar-refractivity contribution in [2.24, 2.45) is 5.41 Å². The average Bonchev–Trinajstić information content (AvgIpc) is 2.64. The van der Waals surface area contributed by atoms with Gasteiger partial charge < -0.3 is 4.84 Å². The predicted molar refractivity (Wildman–Crippen MR) is 112 cm³/mol. The molecular weight excluding hydrogens is 364 g/mol. The highest BCUT2D eigenvalue weighted by Gasteiger charge is 2.28. The summed E-state index contributed by atoms with van der Waals surface area (Å²) in [6.07, 6.45) is 3.19. The Hall–Kier alpha value is -1.68. The third kappa shape index (κ3) is 8.13. The van der Waals surface area contributed by atoms with Crippen molar-refractivity contribution in [2.75, 3.05) is 6.54 Å². The lowest BCUT2D eigenvalue weighted by Gasteiger charge is -2.21. The number of rotatable bonds is 10. The van der Waals surface area contributed by atoms with E-state index >= 15 is 0 Å². The van der Waals surface area contributed by atoms with Crippen molar-refractivity contribution in [2.45, 2.75) is 44.8 Å². The van der Waals surface area contributed by atoms with Crippen LogP contribution >= 0.6 is 24.0 Å². The predicted octanol–water partition coefficient (Wildman–Crippen LogP) is 4.81. The number of benzene rings is 1. The van der Waals surface area contributed by atoms with E-state index < -0.39 is 4.75 Å². The van der Waals surface area contributed by atoms with Crippen LogP contribution in [0.3, 0.4) is 0 Å². The molecular formula is C20H26N2O2S2. The molecule has 0 heterocycles. The third-order valence-electron chi connectivity index (χ3n) is 3.98. The molecule has 140 valence electrons. The zero-order valence-corrected chi connectivity index (χ0v) is 17.2. The lowest BCUT2D eigenvalue weighted by atomic mass is 9.90. The van der Waals surface area contributed by atoms with Crippen LogP contribution in [-0.2, 0) is 9.63 Å². The summed E-state index contributed by atoms with van der Waals surface area (Å²) < 4.78 is -0.135. The molecule has 0 saturated heterocycles. The van der Waals surface area contributed by atoms with Gasteiger partial charge in [-0.05, 0) is 30.7 Å². The smallest absolute Gasteiger partial charge is 0.324 e. The maximum Gasteiger partial charge on any atom is 0.324 e. The van der Waals surface area contributed by atoms with Crippen LogP contribution < -0.4 is 5.48 Å². The van der Waals surface area contributed by atoms with Gasteiger partial charge in [0.2, 0.25) is 0 Å². The van der Waals surface area contributed by atoms with E-state index in [1.807, 2.05) is 36.4 Å². The van der Waals surface area contributed by atoms with Crippen molar-refractivity contribution in [1.29, 1.82) is 5.26 Å². The summed E-state index contributed by atoms with van der Waals surface area (Å²) in [5.41, 5.74) is 3.58. The second kappa shape index (κ2) is 10.5. The molecule has 1 rings (SSSR count). The van der Waals surface area contributed by atoms with E-state index in [0.29, 0.717) is 17.2 Å². The number of hydrogen-bond acceptors (Lipinski definition) is 6. The summed E-state index contributed by atoms with van der Waals surface area (Å²) in [6, 6.07) is 11.8. The fraction of sp³-hybridized carbons (Fsp3) is 0.450. The summed E-state index contributed by atoms with van der Waals surface area (Å²) in [5.74, 6) is -0.380. The molecule has 0 radical (unpaired) electrons. The lowest BCUT2D eigenvalue weighted by molar-refractivity contribution is -0.151. The van der Waals surface area contributed by atoms with Gasteiger partial charge in [-0.2, -0.15) is 10.7 Å². The molecule has 1 aromatic rings. The lowest BCUT2D eigenvalue weighted by Crippen LogP contribution is -2.26. The minimum atomic E-state index is -0.781. The van der Waals surface area contributed by atoms with Gasteiger partial charge in [-0.25, -0.2) is 0 Å². The second-order valence-corrected chi connectivity index (χ2v) is 9.09. The Morgan fingerprint density at radius 3 is 2.58 bits per heavy atom. The monoisotopic (exact) mass is 390 g/mol. The maximum atomic E-state index is 11.9. The molecule has 1 unspecified atom stereocenters. The minimum Gasteiger partial charge on any atom is -0.371 e. The quantitative estimate of drug-likeness (QED) is 0.268. The fourth-order valence-corrected chi connectivity index (χ4v) is 3.57. The van der Waals surface area contributed by atoms with Gasteiger partial charge in [0.05, 0.1) is 10.3 Å². The standard InChI is InChI=1S/C20H26N2O2S2/c1-5-19(2,3)13-14-22-24-17(23)11-12-20(4,15-21)26-18(25)16-9-7-6-8-10-16/h5-10,22H,1,11-14H2,2-4H3. The highest BCUT2D eigenvalue weighted by atomic mass is 32.2. The Morgan fingerprint density at radius 2 is 2.00 bits per heavy atom. The highest BCUT2D eigenvalue weighted by molar-refractivity contribution is 8.24. The zero-order valence-electron chi connectivity index (χ0n) is 15.6. The van der Waals surface area contributed by atoms with Gasteiger partial charge in [-0.15, -0.1) is 6.58 Å². The van der Waals surface area contributed by atoms with Crippen molar-refractivity contribution >= 4 is 34.1 Å². The van der Waals surface area contributed by atoms with Gasteiger partial charge in [-0.3, -0.25) is 4.79 Å². The molecule has 0 saturated carbocycles. The van der Waals surface area contributed by atoms with Crippen molar-refractivity contribution < 1.29 is 9.63 Å². The van der Waals surface area contributed by atoms with Gasteiger partial charge in [0.25, 0.3) is 0 Å². The van der Waals surface area contributed by atoms with Crippen LogP contribution in [0, 0.1) is 16.7 Å². The van der Waals surface area contributed by atoms with E-state index in [1.165, 1.54) is 11.8 Å². The van der Waals surface area contributed by atoms with E-state index in [-0.39, 0.29) is 17.8 Å². The Kier molecular flexibility index (Phi) is 9.00. The van der Waals surface area contributed by atoms with Crippen LogP contribution in [0.4, 0.5) is 0 Å². The van der Waals surface area contributed by atoms with E-state index in [4.69, 9.17) is 17.1 Å². The molecule has 0 aliphatic heterocycles. The number of nitrogens with one attached hydrogen (secondary N) is 1. The molecule has 0 amide bonds. The van der Waals surface area contributed by atoms with Crippen LogP contribution in [0.5, 0.6) is 0 Å². The molecule has 0 aromatic heterocycles. The number of nitrogens with zero attached hydrogens (tertiary/aromatic N) is 1. The number of nitriles is 1. The number of allylic oxidation sites excluding steroid dienone is 1. The number of hydrogen-bond donors (Lipinski definition) is 1. The average molecular weight is 391 g/mol. The molecule has 0 spiro atoms. The SMILES string of the molecule is C=CC(C)(C)CCNOC(=O)CCC(C)(C#N)SC(=S)c1ccccc1. The highest BCUT2D eigenvalue weighted by Crippen LogP contribution is 2.33. The first-order chi connectivity index (χ1) is 12.2. The molecule has 0 aliphatic rings. The van der Waals surface area contributed by atoms with Gasteiger partial charge in [-0.1, -0.05) is 74.2 Å². The van der Waals surface area contributed by atoms with Gasteiger partial charge in [0.1, 0.15) is 4.75 Å². The van der Waals surface area contributed by atoms with Crippen LogP contribution in [0.2, 0.25) is 0 Å². The summed E-state index contributed by atoms with van der Waals surface area (Å²) >= 11 is 6.73. The topological polar surface area (TPSA) is 62.1 Å². The Bertz CT molecular complexity index is 668. The van der Waals surface area contributed by atoms with Crippen molar-refractivity contribution in [1.82, 2.24) is 5.48 Å². The van der Waals surface area contributed by atoms with Crippen molar-refractivity contribution in [3.8, 4) is 6.07 Å². The first kappa shape index (κ1) is 22.4. The molecule has 1 N–H and O–H groups in total. The molecule has 1 atom stereocenters. The fourth-order valence-electron chi connectivity index (χ4n) is 1.97. The molecule has 0 aliphatic carbocycles. The molecule has 4 nitrogen and oxygen atoms in total. The van der Waals surface area contributed by atoms with Crippen molar-refractivity contribution in [3.63, 3.8) is 0 Å². The van der Waals surface area contributed by atoms with Gasteiger partial charge in [0, 0.05) is 13.0 Å². The van der Waals surface area contributed by atoms with Crippen LogP contribution in [-0.4, -0.2) is 21.5 Å². The number of thioether (sulfide) groups is 1. The van der Waals surface area contributed by atoms with E-state index in [2.05, 4.69) is 32.0 Å². The second-order valence-electron chi connectivity index (χ2n) is 6.91. The zero-order chi connectivity index (χ0) is 19.6. The Labute approximate surface area is 166 Å². The Morgan fingerprint density at radius 1 is 1.35 bits per heavy atom. The summed E-state index contributed by atoms with van der Waals surface area (Å²) in [5, 5.41) is 9.52. The summed E-state index contributed by atoms with van der Waals surface area (Å²) in [6.45, 7) is 10.2. The third-order valence-corrected chi connectivity index (χ3v) is 5.63. The molecule has 0 fully saturated rings. The molecule has 26 heavy (non-hydrogen) atoms. The first-order valence-corrected chi connectivity index (χ1v) is 9.69. The van der Waals surface area contributed by atoms with E-state index in [1.54, 1.807) is 6.92 Å². The van der Waals surface area contributed by atoms with Gasteiger partial charge in [0.15, 0.2) is 0 Å². The Balaban J connectivity index is 2.42. The normalized spacial score (nSPS) is 13.3. The molecule has 6 heteroatoms. The number of thiocarbonyl (C=S) groups is 1. The molecule has 0 bridgehead atoms. The van der Waals surface area contributed by atoms with Gasteiger partial charge >= 0.3 is 5.97 Å². The number of hydroxylamine groups is 1. The summed E-state index contributed by atoms with van der Waals surface area (Å²) in [4.78, 5) is 16.9. The number of carbonyl (C=O) groups excluding carboxylic acids is 1. The minimum absolute atomic E-state index is 0.0113. The van der Waals surface area contributed by atoms with E-state index in [0.717, 1.165) is 12.0 Å². The first-order valence-electron chi connectivity index (χ1n) is 8.47. The summed E-state index contributed by atoms with van der Waals surface area (Å²) in [7, 11) is 0. The molecule has 1 aromatic carbocycles. The van der Waals surface area contributed by atoms with E-state index in [9.17, 15) is 10.1 Å². The number of carbonyl (C=O) groups is 1.